The van der Waals surface area contributed by atoms with E-state index in [1.807, 2.05) is 14.1 Å². The van der Waals surface area contributed by atoms with Crippen LogP contribution in [-0.2, 0) is 9.49 Å². The molecule has 0 saturated carbocycles. The van der Waals surface area contributed by atoms with Crippen LogP contribution in [0, 0.1) is 0 Å². The van der Waals surface area contributed by atoms with Gasteiger partial charge in [-0.1, -0.05) is 72.2 Å². The minimum atomic E-state index is -0.0593. The van der Waals surface area contributed by atoms with Crippen molar-refractivity contribution in [3.05, 3.63) is 35.4 Å². The van der Waals surface area contributed by atoms with E-state index in [1.54, 1.807) is 23.5 Å². The largest absolute Gasteiger partial charge is 0.374 e. The van der Waals surface area contributed by atoms with E-state index in [1.165, 1.54) is 11.1 Å². The van der Waals surface area contributed by atoms with Crippen LogP contribution in [0.5, 0.6) is 0 Å². The Morgan fingerprint density at radius 2 is 1.05 bits per heavy atom. The lowest BCUT2D eigenvalue weighted by Gasteiger charge is -2.28. The van der Waals surface area contributed by atoms with Gasteiger partial charge in [-0.2, -0.15) is 0 Å². The normalized spacial score (nSPS) is 11.9. The molecule has 2 nitrogen and oxygen atoms in total. The summed E-state index contributed by atoms with van der Waals surface area (Å²) in [7, 11) is 3.72. The van der Waals surface area contributed by atoms with Gasteiger partial charge in [0.15, 0.2) is 0 Å². The number of thioether (sulfide) groups is 2. The zero-order valence-corrected chi connectivity index (χ0v) is 17.2. The van der Waals surface area contributed by atoms with Crippen LogP contribution in [-0.4, -0.2) is 22.7 Å². The number of rotatable bonds is 4. The monoisotopic (exact) mass is 372 g/mol. The van der Waals surface area contributed by atoms with E-state index in [0.717, 1.165) is 8.64 Å². The van der Waals surface area contributed by atoms with Gasteiger partial charge in [-0.05, 0) is 38.8 Å². The van der Waals surface area contributed by atoms with Gasteiger partial charge in [-0.15, -0.1) is 0 Å². The number of hydrogen-bond acceptors (Lipinski definition) is 4. The summed E-state index contributed by atoms with van der Waals surface area (Å²) in [6, 6.07) is 8.74. The summed E-state index contributed by atoms with van der Waals surface area (Å²) in [5.41, 5.74) is 2.52. The molecule has 1 aromatic rings. The molecule has 0 unspecified atom stereocenters. The van der Waals surface area contributed by atoms with E-state index in [0.29, 0.717) is 0 Å². The molecule has 22 heavy (non-hydrogen) atoms. The summed E-state index contributed by atoms with van der Waals surface area (Å²) >= 11 is 13.9. The predicted octanol–water partition coefficient (Wildman–Crippen LogP) is 4.63. The van der Waals surface area contributed by atoms with Crippen molar-refractivity contribution in [2.45, 2.75) is 37.2 Å². The Labute approximate surface area is 153 Å². The zero-order chi connectivity index (χ0) is 17.0. The minimum Gasteiger partial charge on any atom is -0.374 e. The fourth-order valence-corrected chi connectivity index (χ4v) is 4.85. The molecular formula is C16H24N2S4. The fourth-order valence-electron chi connectivity index (χ4n) is 1.96. The molecule has 0 saturated heterocycles. The average Bonchev–Trinajstić information content (AvgIpc) is 2.46. The van der Waals surface area contributed by atoms with Crippen molar-refractivity contribution >= 4 is 56.6 Å². The lowest BCUT2D eigenvalue weighted by Crippen LogP contribution is -2.22. The highest BCUT2D eigenvalue weighted by Crippen LogP contribution is 2.39. The van der Waals surface area contributed by atoms with Gasteiger partial charge in [0.2, 0.25) is 0 Å². The Morgan fingerprint density at radius 3 is 1.27 bits per heavy atom. The molecule has 0 radical (unpaired) electrons. The van der Waals surface area contributed by atoms with Crippen molar-refractivity contribution in [2.24, 2.45) is 0 Å². The van der Waals surface area contributed by atoms with Crippen molar-refractivity contribution in [2.75, 3.05) is 14.1 Å². The molecule has 6 heteroatoms. The molecule has 0 aliphatic rings. The van der Waals surface area contributed by atoms with Crippen LogP contribution in [0.4, 0.5) is 0 Å². The van der Waals surface area contributed by atoms with Crippen LogP contribution in [0.1, 0.15) is 38.8 Å². The summed E-state index contributed by atoms with van der Waals surface area (Å²) < 4.78 is 1.50. The average molecular weight is 373 g/mol. The first-order valence-electron chi connectivity index (χ1n) is 7.05. The smallest absolute Gasteiger partial charge is 0.134 e. The van der Waals surface area contributed by atoms with Gasteiger partial charge in [0.1, 0.15) is 8.64 Å². The van der Waals surface area contributed by atoms with Crippen LogP contribution < -0.4 is 10.6 Å². The highest BCUT2D eigenvalue weighted by molar-refractivity contribution is 8.23. The van der Waals surface area contributed by atoms with Crippen molar-refractivity contribution in [1.82, 2.24) is 10.6 Å². The molecule has 122 valence electrons. The third kappa shape index (κ3) is 5.41. The van der Waals surface area contributed by atoms with Crippen LogP contribution in [0.15, 0.2) is 24.3 Å². The predicted molar refractivity (Wildman–Crippen MR) is 111 cm³/mol. The first kappa shape index (κ1) is 19.7. The molecule has 2 N–H and O–H groups in total. The first-order chi connectivity index (χ1) is 10.1. The van der Waals surface area contributed by atoms with E-state index in [2.05, 4.69) is 62.6 Å². The molecule has 0 aromatic heterocycles. The fraction of sp³-hybridized carbons (Fsp3) is 0.500. The summed E-state index contributed by atoms with van der Waals surface area (Å²) in [5.74, 6) is 0. The third-order valence-electron chi connectivity index (χ3n) is 3.38. The Bertz CT molecular complexity index is 487. The molecule has 0 atom stereocenters. The first-order valence-corrected chi connectivity index (χ1v) is 9.50. The Hall–Kier alpha value is -0.300. The molecule has 0 fully saturated rings. The highest BCUT2D eigenvalue weighted by atomic mass is 32.2. The minimum absolute atomic E-state index is 0.0593. The van der Waals surface area contributed by atoms with Gasteiger partial charge in [0, 0.05) is 23.6 Å². The summed E-state index contributed by atoms with van der Waals surface area (Å²) in [6.07, 6.45) is 0. The van der Waals surface area contributed by atoms with Crippen molar-refractivity contribution in [1.29, 1.82) is 0 Å². The van der Waals surface area contributed by atoms with Crippen LogP contribution >= 0.6 is 48.0 Å². The standard InChI is InChI=1S/C16H24N2S4/c1-15(2,21-13(19)17-5)11-7-9-12(10-8-11)16(3,4)22-14(20)18-6/h7-10H,1-6H3,(H,17,19)(H,18,20). The zero-order valence-electron chi connectivity index (χ0n) is 13.9. The van der Waals surface area contributed by atoms with Crippen LogP contribution in [0.2, 0.25) is 0 Å². The number of thiocarbonyl (C=S) groups is 2. The Morgan fingerprint density at radius 1 is 0.773 bits per heavy atom. The topological polar surface area (TPSA) is 24.1 Å². The van der Waals surface area contributed by atoms with Crippen molar-refractivity contribution in [3.8, 4) is 0 Å². The second-order valence-corrected chi connectivity index (χ2v) is 10.5. The molecule has 0 aliphatic carbocycles. The van der Waals surface area contributed by atoms with E-state index in [9.17, 15) is 0 Å². The van der Waals surface area contributed by atoms with Gasteiger partial charge in [-0.25, -0.2) is 0 Å². The van der Waals surface area contributed by atoms with E-state index < -0.39 is 0 Å². The number of hydrogen-bond donors (Lipinski definition) is 2. The van der Waals surface area contributed by atoms with E-state index in [4.69, 9.17) is 24.4 Å². The van der Waals surface area contributed by atoms with Gasteiger partial charge in [0.05, 0.1) is 0 Å². The van der Waals surface area contributed by atoms with Gasteiger partial charge in [-0.3, -0.25) is 0 Å². The summed E-state index contributed by atoms with van der Waals surface area (Å²) in [5, 5.41) is 6.05. The van der Waals surface area contributed by atoms with Gasteiger partial charge < -0.3 is 10.6 Å². The summed E-state index contributed by atoms with van der Waals surface area (Å²) in [4.78, 5) is 0. The molecule has 0 aliphatic heterocycles. The van der Waals surface area contributed by atoms with Crippen molar-refractivity contribution in [3.63, 3.8) is 0 Å². The maximum atomic E-state index is 5.28. The molecule has 0 heterocycles. The Balaban J connectivity index is 2.94. The molecule has 1 rings (SSSR count). The van der Waals surface area contributed by atoms with Gasteiger partial charge >= 0.3 is 0 Å². The molecular weight excluding hydrogens is 348 g/mol. The molecule has 0 bridgehead atoms. The molecule has 1 aromatic carbocycles. The Kier molecular flexibility index (Phi) is 7.18. The number of benzene rings is 1. The second kappa shape index (κ2) is 7.99. The molecule has 0 spiro atoms. The quantitative estimate of drug-likeness (QED) is 0.747. The van der Waals surface area contributed by atoms with E-state index >= 15 is 0 Å². The maximum absolute atomic E-state index is 5.28. The number of nitrogens with one attached hydrogen (secondary N) is 2. The lowest BCUT2D eigenvalue weighted by atomic mass is 9.96. The van der Waals surface area contributed by atoms with E-state index in [-0.39, 0.29) is 9.49 Å². The lowest BCUT2D eigenvalue weighted by molar-refractivity contribution is 0.768. The van der Waals surface area contributed by atoms with Crippen LogP contribution in [0.25, 0.3) is 0 Å². The third-order valence-corrected chi connectivity index (χ3v) is 6.56. The maximum Gasteiger partial charge on any atom is 0.134 e. The SMILES string of the molecule is CNC(=S)SC(C)(C)c1ccc(C(C)(C)SC(=S)NC)cc1. The second-order valence-electron chi connectivity index (χ2n) is 5.88. The van der Waals surface area contributed by atoms with Crippen molar-refractivity contribution < 1.29 is 0 Å². The molecule has 0 amide bonds. The summed E-state index contributed by atoms with van der Waals surface area (Å²) in [6.45, 7) is 8.75. The van der Waals surface area contributed by atoms with Crippen LogP contribution in [0.3, 0.4) is 0 Å². The van der Waals surface area contributed by atoms with Gasteiger partial charge in [0.25, 0.3) is 0 Å². The highest BCUT2D eigenvalue weighted by Gasteiger charge is 2.26.